The number of aromatic nitrogens is 4. The standard InChI is InChI=1S/C41H24F3N5/c42-41(43,44)30-15-9-14-29(23-30)34-24-31(49-36-17-8-7-16-32(36)35-22-26(25-45)18-21-37(35)49)19-20-33(34)40-47-38(27-10-3-1-4-11-27)46-39(48-40)28-12-5-2-6-13-28/h1-24H. The Morgan fingerprint density at radius 2 is 1.12 bits per heavy atom. The van der Waals surface area contributed by atoms with Crippen molar-refractivity contribution in [2.75, 3.05) is 0 Å². The molecule has 0 saturated carbocycles. The first-order chi connectivity index (χ1) is 23.9. The Bertz CT molecular complexity index is 2490. The number of halogens is 3. The summed E-state index contributed by atoms with van der Waals surface area (Å²) in [5.41, 5.74) is 5.26. The van der Waals surface area contributed by atoms with Gasteiger partial charge in [0.15, 0.2) is 17.5 Å². The number of nitriles is 1. The van der Waals surface area contributed by atoms with E-state index in [9.17, 15) is 18.4 Å². The minimum atomic E-state index is -4.53. The van der Waals surface area contributed by atoms with Crippen LogP contribution in [0, 0.1) is 11.3 Å². The van der Waals surface area contributed by atoms with Crippen LogP contribution in [0.25, 0.3) is 72.8 Å². The van der Waals surface area contributed by atoms with Gasteiger partial charge >= 0.3 is 6.18 Å². The second-order valence-electron chi connectivity index (χ2n) is 11.5. The maximum Gasteiger partial charge on any atom is 0.416 e. The van der Waals surface area contributed by atoms with Gasteiger partial charge in [-0.3, -0.25) is 0 Å². The van der Waals surface area contributed by atoms with Gasteiger partial charge in [-0.2, -0.15) is 18.4 Å². The number of hydrogen-bond acceptors (Lipinski definition) is 4. The minimum Gasteiger partial charge on any atom is -0.309 e. The molecule has 0 unspecified atom stereocenters. The Labute approximate surface area is 279 Å². The van der Waals surface area contributed by atoms with Crippen molar-refractivity contribution in [3.05, 3.63) is 157 Å². The zero-order valence-corrected chi connectivity index (χ0v) is 25.7. The molecule has 2 heterocycles. The maximum atomic E-state index is 14.0. The lowest BCUT2D eigenvalue weighted by Gasteiger charge is -2.16. The van der Waals surface area contributed by atoms with Gasteiger partial charge < -0.3 is 4.57 Å². The smallest absolute Gasteiger partial charge is 0.309 e. The van der Waals surface area contributed by atoms with Crippen molar-refractivity contribution >= 4 is 21.8 Å². The number of alkyl halides is 3. The predicted octanol–water partition coefficient (Wildman–Crippen LogP) is 10.5. The van der Waals surface area contributed by atoms with Gasteiger partial charge in [0.05, 0.1) is 28.2 Å². The van der Waals surface area contributed by atoms with E-state index in [0.717, 1.165) is 50.8 Å². The van der Waals surface area contributed by atoms with Crippen LogP contribution in [0.5, 0.6) is 0 Å². The molecule has 0 saturated heterocycles. The first kappa shape index (κ1) is 29.8. The fourth-order valence-electron chi connectivity index (χ4n) is 6.22. The van der Waals surface area contributed by atoms with Crippen LogP contribution in [0.2, 0.25) is 0 Å². The summed E-state index contributed by atoms with van der Waals surface area (Å²) in [6.45, 7) is 0. The van der Waals surface area contributed by atoms with Crippen LogP contribution in [-0.2, 0) is 6.18 Å². The SMILES string of the molecule is N#Cc1ccc2c(c1)c1ccccc1n2-c1ccc(-c2nc(-c3ccccc3)nc(-c3ccccc3)n2)c(-c2cccc(C(F)(F)F)c2)c1. The van der Waals surface area contributed by atoms with E-state index in [0.29, 0.717) is 39.7 Å². The van der Waals surface area contributed by atoms with Crippen LogP contribution in [0.3, 0.4) is 0 Å². The first-order valence-electron chi connectivity index (χ1n) is 15.5. The van der Waals surface area contributed by atoms with Crippen molar-refractivity contribution in [2.24, 2.45) is 0 Å². The topological polar surface area (TPSA) is 67.4 Å². The highest BCUT2D eigenvalue weighted by Crippen LogP contribution is 2.39. The predicted molar refractivity (Wildman–Crippen MR) is 186 cm³/mol. The fraction of sp³-hybridized carbons (Fsp3) is 0.0244. The van der Waals surface area contributed by atoms with Gasteiger partial charge in [0, 0.05) is 33.2 Å². The van der Waals surface area contributed by atoms with Crippen molar-refractivity contribution in [2.45, 2.75) is 6.18 Å². The zero-order chi connectivity index (χ0) is 33.5. The first-order valence-corrected chi connectivity index (χ1v) is 15.5. The van der Waals surface area contributed by atoms with Crippen LogP contribution < -0.4 is 0 Å². The van der Waals surface area contributed by atoms with Crippen LogP contribution in [0.4, 0.5) is 13.2 Å². The quantitative estimate of drug-likeness (QED) is 0.187. The molecule has 8 heteroatoms. The molecule has 0 aliphatic carbocycles. The molecule has 8 rings (SSSR count). The van der Waals surface area contributed by atoms with E-state index in [1.807, 2.05) is 115 Å². The van der Waals surface area contributed by atoms with Crippen molar-refractivity contribution in [1.82, 2.24) is 19.5 Å². The molecule has 2 aromatic heterocycles. The van der Waals surface area contributed by atoms with Gasteiger partial charge in [0.25, 0.3) is 0 Å². The largest absolute Gasteiger partial charge is 0.416 e. The molecule has 0 fully saturated rings. The van der Waals surface area contributed by atoms with E-state index >= 15 is 0 Å². The number of fused-ring (bicyclic) bond motifs is 3. The van der Waals surface area contributed by atoms with E-state index in [-0.39, 0.29) is 0 Å². The third kappa shape index (κ3) is 5.47. The second kappa shape index (κ2) is 11.9. The molecule has 0 N–H and O–H groups in total. The molecular weight excluding hydrogens is 619 g/mol. The number of hydrogen-bond donors (Lipinski definition) is 0. The average molecular weight is 644 g/mol. The third-order valence-electron chi connectivity index (χ3n) is 8.50. The molecule has 0 spiro atoms. The van der Waals surface area contributed by atoms with E-state index in [4.69, 9.17) is 15.0 Å². The summed E-state index contributed by atoms with van der Waals surface area (Å²) in [6.07, 6.45) is -4.53. The Morgan fingerprint density at radius 3 is 1.80 bits per heavy atom. The lowest BCUT2D eigenvalue weighted by molar-refractivity contribution is -0.137. The van der Waals surface area contributed by atoms with Crippen molar-refractivity contribution < 1.29 is 13.2 Å². The van der Waals surface area contributed by atoms with Gasteiger partial charge in [-0.05, 0) is 65.7 Å². The molecule has 0 aliphatic rings. The summed E-state index contributed by atoms with van der Waals surface area (Å²) < 4.78 is 44.2. The number of nitrogens with zero attached hydrogens (tertiary/aromatic N) is 5. The summed E-state index contributed by atoms with van der Waals surface area (Å²) in [7, 11) is 0. The van der Waals surface area contributed by atoms with Gasteiger partial charge in [-0.25, -0.2) is 15.0 Å². The third-order valence-corrected chi connectivity index (χ3v) is 8.50. The molecule has 0 amide bonds. The highest BCUT2D eigenvalue weighted by atomic mass is 19.4. The Hall–Kier alpha value is -6.59. The van der Waals surface area contributed by atoms with Gasteiger partial charge in [-0.15, -0.1) is 0 Å². The van der Waals surface area contributed by atoms with Gasteiger partial charge in [0.2, 0.25) is 0 Å². The summed E-state index contributed by atoms with van der Waals surface area (Å²) in [5.74, 6) is 1.21. The van der Waals surface area contributed by atoms with E-state index < -0.39 is 11.7 Å². The van der Waals surface area contributed by atoms with Gasteiger partial charge in [-0.1, -0.05) is 91.0 Å². The van der Waals surface area contributed by atoms with E-state index in [2.05, 4.69) is 10.6 Å². The molecule has 0 atom stereocenters. The molecule has 0 bridgehead atoms. The Kier molecular flexibility index (Phi) is 7.23. The Morgan fingerprint density at radius 1 is 0.510 bits per heavy atom. The fourth-order valence-corrected chi connectivity index (χ4v) is 6.22. The van der Waals surface area contributed by atoms with Crippen LogP contribution in [0.1, 0.15) is 11.1 Å². The van der Waals surface area contributed by atoms with Crippen molar-refractivity contribution in [1.29, 1.82) is 5.26 Å². The molecule has 0 radical (unpaired) electrons. The number of para-hydroxylation sites is 1. The van der Waals surface area contributed by atoms with Crippen LogP contribution in [0.15, 0.2) is 146 Å². The summed E-state index contributed by atoms with van der Waals surface area (Å²) in [4.78, 5) is 14.6. The molecular formula is C41H24F3N5. The summed E-state index contributed by atoms with van der Waals surface area (Å²) in [6, 6.07) is 45.6. The second-order valence-corrected chi connectivity index (χ2v) is 11.5. The maximum absolute atomic E-state index is 14.0. The normalized spacial score (nSPS) is 11.6. The average Bonchev–Trinajstić information content (AvgIpc) is 3.48. The lowest BCUT2D eigenvalue weighted by atomic mass is 9.96. The number of rotatable bonds is 5. The minimum absolute atomic E-state index is 0.326. The summed E-state index contributed by atoms with van der Waals surface area (Å²) in [5, 5.41) is 11.5. The van der Waals surface area contributed by atoms with Gasteiger partial charge in [0.1, 0.15) is 0 Å². The molecule has 0 aliphatic heterocycles. The highest BCUT2D eigenvalue weighted by molar-refractivity contribution is 6.09. The molecule has 49 heavy (non-hydrogen) atoms. The lowest BCUT2D eigenvalue weighted by Crippen LogP contribution is -2.05. The van der Waals surface area contributed by atoms with Crippen LogP contribution in [-0.4, -0.2) is 19.5 Å². The van der Waals surface area contributed by atoms with Crippen molar-refractivity contribution in [3.63, 3.8) is 0 Å². The number of benzene rings is 6. The highest BCUT2D eigenvalue weighted by Gasteiger charge is 2.31. The van der Waals surface area contributed by atoms with E-state index in [1.165, 1.54) is 6.07 Å². The molecule has 6 aromatic carbocycles. The molecule has 5 nitrogen and oxygen atoms in total. The van der Waals surface area contributed by atoms with E-state index in [1.54, 1.807) is 12.1 Å². The van der Waals surface area contributed by atoms with Crippen LogP contribution >= 0.6 is 0 Å². The molecule has 234 valence electrons. The summed E-state index contributed by atoms with van der Waals surface area (Å²) >= 11 is 0. The zero-order valence-electron chi connectivity index (χ0n) is 25.7. The monoisotopic (exact) mass is 643 g/mol. The van der Waals surface area contributed by atoms with Crippen molar-refractivity contribution in [3.8, 4) is 57.0 Å². The molecule has 8 aromatic rings. The Balaban J connectivity index is 1.41.